The van der Waals surface area contributed by atoms with E-state index in [0.29, 0.717) is 0 Å². The Balaban J connectivity index is 0.000000490. The molecule has 0 bridgehead atoms. The summed E-state index contributed by atoms with van der Waals surface area (Å²) in [6, 6.07) is 0. The van der Waals surface area contributed by atoms with E-state index in [2.05, 4.69) is 13.7 Å². The van der Waals surface area contributed by atoms with E-state index in [9.17, 15) is 0 Å². The number of hydrogen-bond acceptors (Lipinski definition) is 6. The summed E-state index contributed by atoms with van der Waals surface area (Å²) in [6.07, 6.45) is 0. The van der Waals surface area contributed by atoms with Gasteiger partial charge >= 0.3 is 40.7 Å². The van der Waals surface area contributed by atoms with Gasteiger partial charge in [-0.1, -0.05) is 0 Å². The molecule has 0 spiro atoms. The van der Waals surface area contributed by atoms with Crippen LogP contribution in [0.5, 0.6) is 0 Å². The van der Waals surface area contributed by atoms with Crippen molar-refractivity contribution in [1.29, 1.82) is 0 Å². The number of hydrogen-bond donors (Lipinski definition) is 3. The summed E-state index contributed by atoms with van der Waals surface area (Å²) in [7, 11) is -2.74. The zero-order chi connectivity index (χ0) is 5.57. The molecule has 0 amide bonds. The van der Waals surface area contributed by atoms with Gasteiger partial charge in [0.05, 0.1) is 0 Å². The summed E-state index contributed by atoms with van der Waals surface area (Å²) in [4.78, 5) is 16.8. The molecule has 0 saturated carbocycles. The number of rotatable bonds is 1. The third-order valence-corrected chi connectivity index (χ3v) is 2.43. The predicted molar refractivity (Wildman–Crippen MR) is 29.3 cm³/mol. The predicted octanol–water partition coefficient (Wildman–Crippen LogP) is 0.0298. The molecule has 1 heterocycles. The van der Waals surface area contributed by atoms with Crippen LogP contribution in [0.25, 0.3) is 0 Å². The first-order valence-electron chi connectivity index (χ1n) is 1.35. The molecule has 1 aliphatic heterocycles. The van der Waals surface area contributed by atoms with E-state index in [1.54, 1.807) is 9.47 Å². The molecule has 0 radical (unpaired) electrons. The Morgan fingerprint density at radius 2 is 1.75 bits per heavy atom. The minimum absolute atomic E-state index is 0. The Bertz CT molecular complexity index is 92.6. The molecule has 0 aromatic carbocycles. The van der Waals surface area contributed by atoms with Crippen LogP contribution in [0.3, 0.4) is 0 Å². The van der Waals surface area contributed by atoms with Crippen molar-refractivity contribution in [2.24, 2.45) is 0 Å². The maximum atomic E-state index is 8.40. The van der Waals surface area contributed by atoms with Gasteiger partial charge in [0.2, 0.25) is 0 Å². The molecule has 0 aromatic rings. The van der Waals surface area contributed by atoms with E-state index < -0.39 is 7.74 Å². The van der Waals surface area contributed by atoms with E-state index in [-0.39, 0.29) is 6.15 Å². The van der Waals surface area contributed by atoms with E-state index in [0.717, 1.165) is 0 Å². The summed E-state index contributed by atoms with van der Waals surface area (Å²) >= 11 is 0. The zero-order valence-electron chi connectivity index (χ0n) is 3.85. The zero-order valence-corrected chi connectivity index (χ0v) is 5.90. The molecule has 1 aliphatic rings. The third kappa shape index (κ3) is 1.55. The average molecular weight is 163 g/mol. The fourth-order valence-corrected chi connectivity index (χ4v) is 0.707. The molecule has 0 aliphatic carbocycles. The van der Waals surface area contributed by atoms with Crippen molar-refractivity contribution in [3.63, 3.8) is 0 Å². The summed E-state index contributed by atoms with van der Waals surface area (Å²) < 4.78 is 11.4. The van der Waals surface area contributed by atoms with Crippen molar-refractivity contribution in [1.82, 2.24) is 6.15 Å². The molecule has 1 rings (SSSR count). The first kappa shape index (κ1) is 8.62. The van der Waals surface area contributed by atoms with E-state index in [1.165, 1.54) is 0 Å². The molecular formula is H7NO5P2. The second-order valence-corrected chi connectivity index (χ2v) is 3.80. The Labute approximate surface area is 47.9 Å². The van der Waals surface area contributed by atoms with Gasteiger partial charge in [-0.2, -0.15) is 0 Å². The van der Waals surface area contributed by atoms with Crippen LogP contribution in [0.1, 0.15) is 0 Å². The van der Waals surface area contributed by atoms with Gasteiger partial charge < -0.3 is 6.15 Å². The van der Waals surface area contributed by atoms with Crippen molar-refractivity contribution in [2.75, 3.05) is 0 Å². The SMILES string of the molecule is N.OP1(O)(OP)OO1. The second-order valence-electron chi connectivity index (χ2n) is 1.06. The molecule has 5 N–H and O–H groups in total. The fraction of sp³-hybridized carbons (Fsp3) is 0. The topological polar surface area (TPSA) is 110 Å². The maximum absolute atomic E-state index is 8.40. The van der Waals surface area contributed by atoms with Crippen molar-refractivity contribution in [3.8, 4) is 0 Å². The molecule has 1 saturated heterocycles. The Hall–Kier alpha value is 0.620. The molecule has 52 valence electrons. The van der Waals surface area contributed by atoms with Crippen molar-refractivity contribution < 1.29 is 23.4 Å². The summed E-state index contributed by atoms with van der Waals surface area (Å²) in [5, 5.41) is 0. The molecule has 1 fully saturated rings. The molecule has 8 heteroatoms. The van der Waals surface area contributed by atoms with Crippen molar-refractivity contribution >= 4 is 17.2 Å². The molecule has 0 aromatic heterocycles. The van der Waals surface area contributed by atoms with Crippen LogP contribution in [0.2, 0.25) is 0 Å². The summed E-state index contributed by atoms with van der Waals surface area (Å²) in [5.74, 6) is 0. The van der Waals surface area contributed by atoms with Gasteiger partial charge in [0.25, 0.3) is 0 Å². The molecule has 1 unspecified atom stereocenters. The van der Waals surface area contributed by atoms with Crippen LogP contribution in [-0.4, -0.2) is 9.79 Å². The Kier molecular flexibility index (Phi) is 1.94. The van der Waals surface area contributed by atoms with Crippen LogP contribution in [0.4, 0.5) is 0 Å². The molecule has 8 heavy (non-hydrogen) atoms. The Morgan fingerprint density at radius 3 is 1.75 bits per heavy atom. The van der Waals surface area contributed by atoms with Gasteiger partial charge in [-0.15, -0.1) is 0 Å². The van der Waals surface area contributed by atoms with E-state index >= 15 is 0 Å². The first-order chi connectivity index (χ1) is 3.05. The summed E-state index contributed by atoms with van der Waals surface area (Å²) in [5.41, 5.74) is 0. The minimum atomic E-state index is -4.36. The first-order valence-corrected chi connectivity index (χ1v) is 3.72. The molecular weight excluding hydrogens is 156 g/mol. The third-order valence-electron chi connectivity index (χ3n) is 0.449. The normalized spacial score (nSPS) is 33.6. The van der Waals surface area contributed by atoms with Gasteiger partial charge in [0, 0.05) is 0 Å². The van der Waals surface area contributed by atoms with Gasteiger partial charge in [0.1, 0.15) is 0 Å². The van der Waals surface area contributed by atoms with Crippen LogP contribution in [-0.2, 0) is 13.7 Å². The Morgan fingerprint density at radius 1 is 1.38 bits per heavy atom. The molecule has 1 atom stereocenters. The van der Waals surface area contributed by atoms with Crippen LogP contribution in [0.15, 0.2) is 0 Å². The van der Waals surface area contributed by atoms with Crippen LogP contribution < -0.4 is 6.15 Å². The monoisotopic (exact) mass is 163 g/mol. The second kappa shape index (κ2) is 1.80. The molecule has 6 nitrogen and oxygen atoms in total. The van der Waals surface area contributed by atoms with Gasteiger partial charge in [-0.05, 0) is 0 Å². The quantitative estimate of drug-likeness (QED) is 0.285. The fourth-order valence-electron chi connectivity index (χ4n) is 0.0786. The van der Waals surface area contributed by atoms with Crippen molar-refractivity contribution in [2.45, 2.75) is 0 Å². The van der Waals surface area contributed by atoms with Crippen LogP contribution >= 0.6 is 17.2 Å². The van der Waals surface area contributed by atoms with E-state index in [4.69, 9.17) is 9.79 Å². The van der Waals surface area contributed by atoms with Crippen molar-refractivity contribution in [3.05, 3.63) is 0 Å². The van der Waals surface area contributed by atoms with Gasteiger partial charge in [-0.3, -0.25) is 0 Å². The van der Waals surface area contributed by atoms with Gasteiger partial charge in [-0.25, -0.2) is 0 Å². The average Bonchev–Trinajstić information content (AvgIpc) is 2.20. The standard InChI is InChI=1S/H3N.H4O5P2/c;1-7(2,5-6)3-4-7/h1H3;1-2H,6H2. The summed E-state index contributed by atoms with van der Waals surface area (Å²) in [6.45, 7) is 0. The van der Waals surface area contributed by atoms with Gasteiger partial charge in [0.15, 0.2) is 0 Å². The van der Waals surface area contributed by atoms with Crippen LogP contribution in [0, 0.1) is 0 Å². The van der Waals surface area contributed by atoms with E-state index in [1.807, 2.05) is 0 Å².